The lowest BCUT2D eigenvalue weighted by molar-refractivity contribution is 0.509. The minimum atomic E-state index is -0.374. The largest absolute Gasteiger partial charge is 0.312 e. The maximum atomic E-state index is 13.8. The van der Waals surface area contributed by atoms with Crippen molar-refractivity contribution in [3.05, 3.63) is 34.6 Å². The van der Waals surface area contributed by atoms with Crippen LogP contribution in [0.15, 0.2) is 23.4 Å². The van der Waals surface area contributed by atoms with E-state index >= 15 is 0 Å². The summed E-state index contributed by atoms with van der Waals surface area (Å²) < 4.78 is 15.6. The van der Waals surface area contributed by atoms with E-state index in [4.69, 9.17) is 11.6 Å². The smallest absolute Gasteiger partial charge is 0.209 e. The Hall–Kier alpha value is -1.18. The highest BCUT2D eigenvalue weighted by Crippen LogP contribution is 2.25. The highest BCUT2D eigenvalue weighted by molar-refractivity contribution is 7.98. The summed E-state index contributed by atoms with van der Waals surface area (Å²) in [7, 11) is 0. The Balaban J connectivity index is 1.57. The summed E-state index contributed by atoms with van der Waals surface area (Å²) in [4.78, 5) is 0. The van der Waals surface area contributed by atoms with Gasteiger partial charge in [0.25, 0.3) is 0 Å². The van der Waals surface area contributed by atoms with Gasteiger partial charge in [-0.3, -0.25) is 0 Å². The van der Waals surface area contributed by atoms with Crippen molar-refractivity contribution >= 4 is 23.4 Å². The lowest BCUT2D eigenvalue weighted by atomic mass is 10.2. The van der Waals surface area contributed by atoms with E-state index in [2.05, 4.69) is 20.8 Å². The number of hydrogen-bond donors (Lipinski definition) is 1. The van der Waals surface area contributed by atoms with Gasteiger partial charge in [0.2, 0.25) is 5.16 Å². The highest BCUT2D eigenvalue weighted by atomic mass is 35.5. The molecule has 2 aromatic rings. The number of aromatic nitrogens is 4. The van der Waals surface area contributed by atoms with Crippen molar-refractivity contribution in [1.82, 2.24) is 25.5 Å². The summed E-state index contributed by atoms with van der Waals surface area (Å²) in [5, 5.41) is 15.9. The van der Waals surface area contributed by atoms with Gasteiger partial charge in [0.15, 0.2) is 0 Å². The second-order valence-electron chi connectivity index (χ2n) is 4.91. The molecule has 1 aliphatic carbocycles. The molecule has 5 nitrogen and oxygen atoms in total. The molecule has 0 bridgehead atoms. The first kappa shape index (κ1) is 14.7. The third kappa shape index (κ3) is 3.93. The lowest BCUT2D eigenvalue weighted by Crippen LogP contribution is -2.22. The van der Waals surface area contributed by atoms with E-state index in [9.17, 15) is 4.39 Å². The average Bonchev–Trinajstić information content (AvgIpc) is 3.19. The number of rotatable bonds is 7. The third-order valence-electron chi connectivity index (χ3n) is 3.22. The molecule has 1 aliphatic rings. The normalized spacial score (nSPS) is 14.6. The van der Waals surface area contributed by atoms with Crippen molar-refractivity contribution in [3.8, 4) is 0 Å². The van der Waals surface area contributed by atoms with Crippen LogP contribution in [0.25, 0.3) is 0 Å². The highest BCUT2D eigenvalue weighted by Gasteiger charge is 2.20. The van der Waals surface area contributed by atoms with Crippen LogP contribution < -0.4 is 5.32 Å². The second-order valence-corrected chi connectivity index (χ2v) is 6.26. The summed E-state index contributed by atoms with van der Waals surface area (Å²) >= 11 is 7.18. The van der Waals surface area contributed by atoms with Gasteiger partial charge in [0.05, 0.1) is 11.6 Å². The topological polar surface area (TPSA) is 55.6 Å². The van der Waals surface area contributed by atoms with Crippen LogP contribution in [0.3, 0.4) is 0 Å². The molecular weight excluding hydrogens is 313 g/mol. The van der Waals surface area contributed by atoms with Gasteiger partial charge in [-0.2, -0.15) is 0 Å². The van der Waals surface area contributed by atoms with Crippen molar-refractivity contribution in [2.45, 2.75) is 36.3 Å². The van der Waals surface area contributed by atoms with Crippen LogP contribution in [0.1, 0.15) is 18.4 Å². The number of benzene rings is 1. The molecule has 112 valence electrons. The SMILES string of the molecule is Fc1c(Cl)cccc1CSc1nnnn1CCNC1CC1. The standard InChI is InChI=1S/C13H15ClFN5S/c14-11-3-1-2-9(12(11)15)8-21-13-17-18-19-20(13)7-6-16-10-4-5-10/h1-3,10,16H,4-8H2. The third-order valence-corrected chi connectivity index (χ3v) is 4.52. The molecule has 1 fully saturated rings. The van der Waals surface area contributed by atoms with Gasteiger partial charge in [-0.25, -0.2) is 9.07 Å². The Morgan fingerprint density at radius 1 is 1.43 bits per heavy atom. The fraction of sp³-hybridized carbons (Fsp3) is 0.462. The molecule has 0 unspecified atom stereocenters. The van der Waals surface area contributed by atoms with Gasteiger partial charge in [-0.1, -0.05) is 35.5 Å². The first-order chi connectivity index (χ1) is 10.2. The van der Waals surface area contributed by atoms with E-state index in [-0.39, 0.29) is 10.8 Å². The molecular formula is C13H15ClFN5S. The second kappa shape index (κ2) is 6.72. The van der Waals surface area contributed by atoms with Crippen molar-refractivity contribution in [2.24, 2.45) is 0 Å². The molecule has 0 spiro atoms. The molecule has 3 rings (SSSR count). The minimum absolute atomic E-state index is 0.140. The zero-order valence-electron chi connectivity index (χ0n) is 11.3. The minimum Gasteiger partial charge on any atom is -0.312 e. The fourth-order valence-electron chi connectivity index (χ4n) is 1.90. The Kier molecular flexibility index (Phi) is 4.72. The summed E-state index contributed by atoms with van der Waals surface area (Å²) in [6.07, 6.45) is 2.51. The molecule has 1 saturated carbocycles. The van der Waals surface area contributed by atoms with Crippen LogP contribution in [0.4, 0.5) is 4.39 Å². The predicted molar refractivity (Wildman–Crippen MR) is 79.8 cm³/mol. The van der Waals surface area contributed by atoms with Crippen LogP contribution in [0.2, 0.25) is 5.02 Å². The number of nitrogens with zero attached hydrogens (tertiary/aromatic N) is 4. The van der Waals surface area contributed by atoms with Crippen LogP contribution in [-0.2, 0) is 12.3 Å². The van der Waals surface area contributed by atoms with Gasteiger partial charge in [-0.15, -0.1) is 5.10 Å². The van der Waals surface area contributed by atoms with Crippen molar-refractivity contribution in [2.75, 3.05) is 6.54 Å². The maximum absolute atomic E-state index is 13.8. The first-order valence-electron chi connectivity index (χ1n) is 6.79. The van der Waals surface area contributed by atoms with Crippen molar-refractivity contribution in [3.63, 3.8) is 0 Å². The van der Waals surface area contributed by atoms with Crippen molar-refractivity contribution in [1.29, 1.82) is 0 Å². The van der Waals surface area contributed by atoms with Crippen LogP contribution in [0, 0.1) is 5.82 Å². The number of halogens is 2. The molecule has 1 N–H and O–H groups in total. The molecule has 21 heavy (non-hydrogen) atoms. The summed E-state index contributed by atoms with van der Waals surface area (Å²) in [6, 6.07) is 5.66. The molecule has 1 aromatic carbocycles. The molecule has 0 amide bonds. The Labute approximate surface area is 131 Å². The number of nitrogens with one attached hydrogen (secondary N) is 1. The molecule has 8 heteroatoms. The number of hydrogen-bond acceptors (Lipinski definition) is 5. The van der Waals surface area contributed by atoms with Crippen LogP contribution in [0.5, 0.6) is 0 Å². The summed E-state index contributed by atoms with van der Waals surface area (Å²) in [5.74, 6) is 0.0733. The first-order valence-corrected chi connectivity index (χ1v) is 8.15. The summed E-state index contributed by atoms with van der Waals surface area (Å²) in [5.41, 5.74) is 0.554. The molecule has 0 atom stereocenters. The Morgan fingerprint density at radius 3 is 3.10 bits per heavy atom. The monoisotopic (exact) mass is 327 g/mol. The molecule has 1 heterocycles. The molecule has 0 saturated heterocycles. The van der Waals surface area contributed by atoms with E-state index in [0.29, 0.717) is 29.1 Å². The zero-order valence-corrected chi connectivity index (χ0v) is 12.9. The van der Waals surface area contributed by atoms with Crippen LogP contribution in [-0.4, -0.2) is 32.8 Å². The van der Waals surface area contributed by atoms with Gasteiger partial charge in [0, 0.05) is 18.3 Å². The lowest BCUT2D eigenvalue weighted by Gasteiger charge is -2.06. The Morgan fingerprint density at radius 2 is 2.29 bits per heavy atom. The van der Waals surface area contributed by atoms with Crippen LogP contribution >= 0.6 is 23.4 Å². The molecule has 0 aliphatic heterocycles. The fourth-order valence-corrected chi connectivity index (χ4v) is 2.98. The quantitative estimate of drug-likeness (QED) is 0.792. The Bertz CT molecular complexity index is 616. The van der Waals surface area contributed by atoms with Gasteiger partial charge in [0.1, 0.15) is 5.82 Å². The molecule has 1 aromatic heterocycles. The maximum Gasteiger partial charge on any atom is 0.209 e. The van der Waals surface area contributed by atoms with Gasteiger partial charge in [-0.05, 0) is 34.9 Å². The summed E-state index contributed by atoms with van der Waals surface area (Å²) in [6.45, 7) is 1.55. The van der Waals surface area contributed by atoms with E-state index in [1.54, 1.807) is 22.9 Å². The number of thioether (sulfide) groups is 1. The van der Waals surface area contributed by atoms with E-state index in [0.717, 1.165) is 6.54 Å². The van der Waals surface area contributed by atoms with E-state index in [1.165, 1.54) is 24.6 Å². The molecule has 0 radical (unpaired) electrons. The van der Waals surface area contributed by atoms with Crippen molar-refractivity contribution < 1.29 is 4.39 Å². The van der Waals surface area contributed by atoms with E-state index in [1.807, 2.05) is 0 Å². The predicted octanol–water partition coefficient (Wildman–Crippen LogP) is 2.51. The number of tetrazole rings is 1. The average molecular weight is 328 g/mol. The van der Waals surface area contributed by atoms with E-state index < -0.39 is 0 Å². The van der Waals surface area contributed by atoms with Gasteiger partial charge >= 0.3 is 0 Å². The zero-order chi connectivity index (χ0) is 14.7. The van der Waals surface area contributed by atoms with Gasteiger partial charge < -0.3 is 5.32 Å².